The number of carbonyl (C=O) groups excluding carboxylic acids is 1. The number of aromatic hydroxyl groups is 1. The van der Waals surface area contributed by atoms with Crippen molar-refractivity contribution in [2.24, 2.45) is 0 Å². The molecule has 2 aromatic carbocycles. The Morgan fingerprint density at radius 3 is 2.62 bits per heavy atom. The molecule has 0 saturated carbocycles. The van der Waals surface area contributed by atoms with Gasteiger partial charge in [0.15, 0.2) is 5.82 Å². The Morgan fingerprint density at radius 1 is 1.17 bits per heavy atom. The molecule has 0 aliphatic rings. The second-order valence-electron chi connectivity index (χ2n) is 6.21. The number of carboxylic acid groups (broad SMARTS) is 1. The third-order valence-electron chi connectivity index (χ3n) is 4.06. The highest BCUT2D eigenvalue weighted by molar-refractivity contribution is 5.96. The number of hydrogen-bond donors (Lipinski definition) is 3. The zero-order valence-corrected chi connectivity index (χ0v) is 15.8. The van der Waals surface area contributed by atoms with Gasteiger partial charge in [-0.3, -0.25) is 0 Å². The molecule has 0 fully saturated rings. The lowest BCUT2D eigenvalue weighted by atomic mass is 10.1. The predicted octanol–water partition coefficient (Wildman–Crippen LogP) is 3.78. The van der Waals surface area contributed by atoms with Crippen molar-refractivity contribution in [1.82, 2.24) is 9.97 Å². The summed E-state index contributed by atoms with van der Waals surface area (Å²) in [5.41, 5.74) is 1.99. The lowest BCUT2D eigenvalue weighted by Gasteiger charge is -2.13. The van der Waals surface area contributed by atoms with E-state index < -0.39 is 11.9 Å². The monoisotopic (exact) mass is 393 g/mol. The summed E-state index contributed by atoms with van der Waals surface area (Å²) in [5, 5.41) is 22.1. The summed E-state index contributed by atoms with van der Waals surface area (Å²) in [6.45, 7) is 3.80. The van der Waals surface area contributed by atoms with Crippen molar-refractivity contribution in [2.45, 2.75) is 13.8 Å². The minimum atomic E-state index is -1.16. The Morgan fingerprint density at radius 2 is 1.97 bits per heavy atom. The number of aryl methyl sites for hydroxylation is 1. The number of aromatic carboxylic acids is 1. The molecule has 8 heteroatoms. The van der Waals surface area contributed by atoms with Gasteiger partial charge < -0.3 is 20.3 Å². The van der Waals surface area contributed by atoms with Crippen LogP contribution in [0.4, 0.5) is 11.5 Å². The molecule has 1 heterocycles. The van der Waals surface area contributed by atoms with E-state index >= 15 is 0 Å². The molecule has 148 valence electrons. The third-order valence-corrected chi connectivity index (χ3v) is 4.06. The highest BCUT2D eigenvalue weighted by Gasteiger charge is 2.18. The maximum absolute atomic E-state index is 12.3. The lowest BCUT2D eigenvalue weighted by molar-refractivity contribution is 0.0526. The van der Waals surface area contributed by atoms with Gasteiger partial charge in [0.25, 0.3) is 0 Å². The predicted molar refractivity (Wildman–Crippen MR) is 107 cm³/mol. The van der Waals surface area contributed by atoms with E-state index in [1.54, 1.807) is 6.92 Å². The van der Waals surface area contributed by atoms with Crippen LogP contribution in [0.2, 0.25) is 0 Å². The zero-order chi connectivity index (χ0) is 21.0. The van der Waals surface area contributed by atoms with Crippen LogP contribution in [0.3, 0.4) is 0 Å². The molecule has 8 nitrogen and oxygen atoms in total. The molecule has 0 amide bonds. The number of benzene rings is 2. The van der Waals surface area contributed by atoms with Gasteiger partial charge in [-0.05, 0) is 38.1 Å². The maximum atomic E-state index is 12.3. The van der Waals surface area contributed by atoms with Crippen molar-refractivity contribution in [2.75, 3.05) is 11.9 Å². The first-order chi connectivity index (χ1) is 13.9. The van der Waals surface area contributed by atoms with Crippen LogP contribution in [0.1, 0.15) is 33.2 Å². The Kier molecular flexibility index (Phi) is 5.73. The topological polar surface area (TPSA) is 122 Å². The van der Waals surface area contributed by atoms with Crippen LogP contribution in [-0.4, -0.2) is 38.7 Å². The third kappa shape index (κ3) is 4.49. The average molecular weight is 393 g/mol. The number of nitrogens with one attached hydrogen (secondary N) is 1. The largest absolute Gasteiger partial charge is 0.506 e. The minimum absolute atomic E-state index is 0.0678. The van der Waals surface area contributed by atoms with Gasteiger partial charge in [-0.1, -0.05) is 23.8 Å². The molecule has 0 saturated heterocycles. The number of carbonyl (C=O) groups is 2. The fourth-order valence-corrected chi connectivity index (χ4v) is 2.66. The zero-order valence-electron chi connectivity index (χ0n) is 15.8. The number of phenols is 1. The standard InChI is InChI=1S/C21H19N3O5/c1-3-29-21(28)15-11-22-18(13-6-4-5-12(2)9-13)24-19(15)23-16-8-7-14(20(26)27)10-17(16)25/h4-11,25H,3H2,1-2H3,(H,26,27)(H,22,23,24). The van der Waals surface area contributed by atoms with E-state index in [0.717, 1.165) is 17.2 Å². The van der Waals surface area contributed by atoms with Crippen molar-refractivity contribution in [3.63, 3.8) is 0 Å². The van der Waals surface area contributed by atoms with Crippen LogP contribution in [-0.2, 0) is 4.74 Å². The summed E-state index contributed by atoms with van der Waals surface area (Å²) in [5.74, 6) is -1.56. The average Bonchev–Trinajstić information content (AvgIpc) is 2.69. The quantitative estimate of drug-likeness (QED) is 0.427. The highest BCUT2D eigenvalue weighted by Crippen LogP contribution is 2.30. The number of esters is 1. The minimum Gasteiger partial charge on any atom is -0.506 e. The van der Waals surface area contributed by atoms with E-state index in [0.29, 0.717) is 5.82 Å². The number of carboxylic acids is 1. The molecule has 0 aliphatic heterocycles. The molecule has 3 N–H and O–H groups in total. The van der Waals surface area contributed by atoms with Gasteiger partial charge in [0.05, 0.1) is 17.9 Å². The number of phenolic OH excluding ortho intramolecular Hbond substituents is 1. The van der Waals surface area contributed by atoms with Gasteiger partial charge in [0.2, 0.25) is 0 Å². The van der Waals surface area contributed by atoms with E-state index in [9.17, 15) is 14.7 Å². The normalized spacial score (nSPS) is 10.4. The van der Waals surface area contributed by atoms with Crippen LogP contribution in [0.25, 0.3) is 11.4 Å². The second kappa shape index (κ2) is 8.39. The lowest BCUT2D eigenvalue weighted by Crippen LogP contribution is -2.11. The smallest absolute Gasteiger partial charge is 0.343 e. The number of hydrogen-bond acceptors (Lipinski definition) is 7. The number of aromatic nitrogens is 2. The molecule has 0 aliphatic carbocycles. The first kappa shape index (κ1) is 19.8. The van der Waals surface area contributed by atoms with Gasteiger partial charge in [0, 0.05) is 11.8 Å². The van der Waals surface area contributed by atoms with Crippen molar-refractivity contribution < 1.29 is 24.5 Å². The first-order valence-electron chi connectivity index (χ1n) is 8.83. The van der Waals surface area contributed by atoms with E-state index in [2.05, 4.69) is 15.3 Å². The van der Waals surface area contributed by atoms with Gasteiger partial charge in [0.1, 0.15) is 17.1 Å². The molecule has 0 radical (unpaired) electrons. The summed E-state index contributed by atoms with van der Waals surface area (Å²) in [7, 11) is 0. The van der Waals surface area contributed by atoms with Crippen LogP contribution >= 0.6 is 0 Å². The van der Waals surface area contributed by atoms with Crippen LogP contribution in [0.5, 0.6) is 5.75 Å². The van der Waals surface area contributed by atoms with Gasteiger partial charge in [-0.15, -0.1) is 0 Å². The Hall–Kier alpha value is -3.94. The van der Waals surface area contributed by atoms with Crippen molar-refractivity contribution in [1.29, 1.82) is 0 Å². The highest BCUT2D eigenvalue weighted by atomic mass is 16.5. The molecule has 0 atom stereocenters. The Bertz CT molecular complexity index is 1080. The number of ether oxygens (including phenoxy) is 1. The second-order valence-corrected chi connectivity index (χ2v) is 6.21. The SMILES string of the molecule is CCOC(=O)c1cnc(-c2cccc(C)c2)nc1Nc1ccc(C(=O)O)cc1O. The van der Waals surface area contributed by atoms with E-state index in [1.165, 1.54) is 18.3 Å². The molecule has 29 heavy (non-hydrogen) atoms. The fourth-order valence-electron chi connectivity index (χ4n) is 2.66. The summed E-state index contributed by atoms with van der Waals surface area (Å²) < 4.78 is 5.05. The molecule has 0 bridgehead atoms. The Labute approximate surface area is 166 Å². The molecule has 1 aromatic heterocycles. The molecular weight excluding hydrogens is 374 g/mol. The van der Waals surface area contributed by atoms with Crippen molar-refractivity contribution >= 4 is 23.4 Å². The van der Waals surface area contributed by atoms with Crippen LogP contribution in [0.15, 0.2) is 48.7 Å². The van der Waals surface area contributed by atoms with E-state index in [-0.39, 0.29) is 35.0 Å². The summed E-state index contributed by atoms with van der Waals surface area (Å²) in [4.78, 5) is 32.1. The summed E-state index contributed by atoms with van der Waals surface area (Å²) in [6.07, 6.45) is 1.35. The molecule has 0 unspecified atom stereocenters. The summed E-state index contributed by atoms with van der Waals surface area (Å²) >= 11 is 0. The van der Waals surface area contributed by atoms with Crippen molar-refractivity contribution in [3.8, 4) is 17.1 Å². The Balaban J connectivity index is 2.05. The molecular formula is C21H19N3O5. The van der Waals surface area contributed by atoms with Crippen LogP contribution in [0, 0.1) is 6.92 Å². The maximum Gasteiger partial charge on any atom is 0.343 e. The van der Waals surface area contributed by atoms with Gasteiger partial charge in [-0.25, -0.2) is 19.6 Å². The molecule has 3 aromatic rings. The number of anilines is 2. The van der Waals surface area contributed by atoms with Crippen LogP contribution < -0.4 is 5.32 Å². The van der Waals surface area contributed by atoms with E-state index in [1.807, 2.05) is 31.2 Å². The molecule has 3 rings (SSSR count). The number of rotatable bonds is 6. The van der Waals surface area contributed by atoms with Gasteiger partial charge >= 0.3 is 11.9 Å². The van der Waals surface area contributed by atoms with Crippen molar-refractivity contribution in [3.05, 3.63) is 65.4 Å². The summed E-state index contributed by atoms with van der Waals surface area (Å²) in [6, 6.07) is 11.4. The fraction of sp³-hybridized carbons (Fsp3) is 0.143. The first-order valence-corrected chi connectivity index (χ1v) is 8.83. The molecule has 0 spiro atoms. The number of nitrogens with zero attached hydrogens (tertiary/aromatic N) is 2. The van der Waals surface area contributed by atoms with E-state index in [4.69, 9.17) is 9.84 Å². The van der Waals surface area contributed by atoms with Gasteiger partial charge in [-0.2, -0.15) is 0 Å².